The molecule has 3 rings (SSSR count). The minimum Gasteiger partial charge on any atom is -0.372 e. The summed E-state index contributed by atoms with van der Waals surface area (Å²) < 4.78 is 0. The smallest absolute Gasteiger partial charge is 0.326 e. The van der Waals surface area contributed by atoms with E-state index in [-0.39, 0.29) is 5.00 Å². The molecule has 0 atom stereocenters. The van der Waals surface area contributed by atoms with Gasteiger partial charge >= 0.3 is 5.00 Å². The normalized spacial score (nSPS) is 10.7. The molecule has 0 spiro atoms. The lowest BCUT2D eigenvalue weighted by Crippen LogP contribution is -1.96. The van der Waals surface area contributed by atoms with Crippen molar-refractivity contribution in [3.63, 3.8) is 0 Å². The number of fused-ring (bicyclic) bond motifs is 1. The highest BCUT2D eigenvalue weighted by atomic mass is 32.1. The Kier molecular flexibility index (Phi) is 3.03. The number of nitro groups is 1. The first kappa shape index (κ1) is 12.5. The molecule has 100 valence electrons. The van der Waals surface area contributed by atoms with Gasteiger partial charge in [0.05, 0.1) is 10.3 Å². The maximum absolute atomic E-state index is 10.9. The highest BCUT2D eigenvalue weighted by molar-refractivity contribution is 7.21. The summed E-state index contributed by atoms with van der Waals surface area (Å²) in [5.41, 5.74) is 0.877. The fourth-order valence-corrected chi connectivity index (χ4v) is 2.75. The number of rotatable bonds is 3. The number of hydrogen-bond acceptors (Lipinski definition) is 6. The Morgan fingerprint density at radius 2 is 2.00 bits per heavy atom. The molecule has 0 amide bonds. The van der Waals surface area contributed by atoms with Gasteiger partial charge < -0.3 is 5.32 Å². The molecule has 0 aliphatic carbocycles. The van der Waals surface area contributed by atoms with Crippen LogP contribution in [0.4, 0.5) is 10.8 Å². The topological polar surface area (TPSA) is 81.0 Å². The first-order valence-corrected chi connectivity index (χ1v) is 6.70. The zero-order valence-corrected chi connectivity index (χ0v) is 11.3. The van der Waals surface area contributed by atoms with Gasteiger partial charge in [0.2, 0.25) is 0 Å². The van der Waals surface area contributed by atoms with Crippen LogP contribution in [0.3, 0.4) is 0 Å². The van der Waals surface area contributed by atoms with E-state index in [0.717, 1.165) is 16.9 Å². The van der Waals surface area contributed by atoms with Gasteiger partial charge in [-0.05, 0) is 11.3 Å². The molecule has 0 saturated carbocycles. The number of nitrogens with one attached hydrogen (secondary N) is 1. The van der Waals surface area contributed by atoms with Crippen LogP contribution in [0.15, 0.2) is 36.4 Å². The first-order chi connectivity index (χ1) is 9.69. The molecule has 2 aromatic heterocycles. The van der Waals surface area contributed by atoms with E-state index >= 15 is 0 Å². The first-order valence-electron chi connectivity index (χ1n) is 5.88. The Bertz CT molecular complexity index is 786. The van der Waals surface area contributed by atoms with E-state index in [1.807, 2.05) is 30.3 Å². The molecule has 7 heteroatoms. The molecule has 0 bridgehead atoms. The van der Waals surface area contributed by atoms with Crippen molar-refractivity contribution in [3.05, 3.63) is 46.5 Å². The van der Waals surface area contributed by atoms with Gasteiger partial charge in [-0.1, -0.05) is 30.3 Å². The molecular formula is C13H10N4O2S. The van der Waals surface area contributed by atoms with E-state index in [4.69, 9.17) is 0 Å². The van der Waals surface area contributed by atoms with Gasteiger partial charge in [0, 0.05) is 18.7 Å². The summed E-state index contributed by atoms with van der Waals surface area (Å²) in [6.45, 7) is 0. The van der Waals surface area contributed by atoms with Gasteiger partial charge in [0.15, 0.2) is 5.82 Å². The van der Waals surface area contributed by atoms with Gasteiger partial charge in [-0.15, -0.1) is 0 Å². The summed E-state index contributed by atoms with van der Waals surface area (Å²) in [6, 6.07) is 11.0. The van der Waals surface area contributed by atoms with Crippen LogP contribution in [0.25, 0.3) is 21.6 Å². The Morgan fingerprint density at radius 1 is 1.25 bits per heavy atom. The van der Waals surface area contributed by atoms with Crippen LogP contribution in [0, 0.1) is 10.1 Å². The maximum Gasteiger partial charge on any atom is 0.326 e. The predicted molar refractivity (Wildman–Crippen MR) is 79.1 cm³/mol. The molecule has 0 unspecified atom stereocenters. The zero-order chi connectivity index (χ0) is 14.1. The lowest BCUT2D eigenvalue weighted by molar-refractivity contribution is -0.380. The van der Waals surface area contributed by atoms with Gasteiger partial charge in [0.25, 0.3) is 0 Å². The predicted octanol–water partition coefficient (Wildman–Crippen LogP) is 3.31. The van der Waals surface area contributed by atoms with Crippen molar-refractivity contribution in [2.24, 2.45) is 0 Å². The highest BCUT2D eigenvalue weighted by Gasteiger charge is 2.17. The van der Waals surface area contributed by atoms with Crippen molar-refractivity contribution in [1.29, 1.82) is 0 Å². The average Bonchev–Trinajstić information content (AvgIpc) is 2.91. The molecule has 0 fully saturated rings. The van der Waals surface area contributed by atoms with Crippen molar-refractivity contribution in [2.75, 3.05) is 12.4 Å². The van der Waals surface area contributed by atoms with E-state index in [9.17, 15) is 10.1 Å². The van der Waals surface area contributed by atoms with E-state index in [2.05, 4.69) is 15.3 Å². The van der Waals surface area contributed by atoms with E-state index in [1.54, 1.807) is 7.05 Å². The van der Waals surface area contributed by atoms with Gasteiger partial charge in [-0.25, -0.2) is 9.97 Å². The Balaban J connectivity index is 2.24. The van der Waals surface area contributed by atoms with Crippen LogP contribution in [0.1, 0.15) is 0 Å². The second-order valence-corrected chi connectivity index (χ2v) is 5.08. The van der Waals surface area contributed by atoms with E-state index < -0.39 is 4.92 Å². The van der Waals surface area contributed by atoms with E-state index in [1.165, 1.54) is 6.07 Å². The van der Waals surface area contributed by atoms with Crippen LogP contribution >= 0.6 is 11.3 Å². The third-order valence-electron chi connectivity index (χ3n) is 2.83. The van der Waals surface area contributed by atoms with E-state index in [0.29, 0.717) is 21.9 Å². The fraction of sp³-hybridized carbons (Fsp3) is 0.0769. The third-order valence-corrected chi connectivity index (χ3v) is 3.81. The monoisotopic (exact) mass is 286 g/mol. The Hall–Kier alpha value is -2.54. The van der Waals surface area contributed by atoms with Crippen molar-refractivity contribution < 1.29 is 4.92 Å². The van der Waals surface area contributed by atoms with Crippen molar-refractivity contribution >= 4 is 32.4 Å². The summed E-state index contributed by atoms with van der Waals surface area (Å²) in [7, 11) is 1.74. The molecule has 1 N–H and O–H groups in total. The van der Waals surface area contributed by atoms with Crippen molar-refractivity contribution in [3.8, 4) is 11.4 Å². The molecule has 0 aliphatic heterocycles. The number of nitrogens with zero attached hydrogens (tertiary/aromatic N) is 3. The molecule has 0 aliphatic rings. The molecule has 3 aromatic rings. The maximum atomic E-state index is 10.9. The largest absolute Gasteiger partial charge is 0.372 e. The highest BCUT2D eigenvalue weighted by Crippen LogP contribution is 2.34. The molecule has 6 nitrogen and oxygen atoms in total. The summed E-state index contributed by atoms with van der Waals surface area (Å²) in [6.07, 6.45) is 0. The lowest BCUT2D eigenvalue weighted by Gasteiger charge is -2.04. The molecule has 0 radical (unpaired) electrons. The standard InChI is InChI=1S/C13H10N4O2S/c1-14-12-9-7-10(17(18)19)20-13(9)16-11(15-12)8-5-3-2-4-6-8/h2-7H,1H3,(H,14,15,16). The number of aromatic nitrogens is 2. The second-order valence-electron chi connectivity index (χ2n) is 4.07. The summed E-state index contributed by atoms with van der Waals surface area (Å²) in [5.74, 6) is 1.15. The van der Waals surface area contributed by atoms with Crippen LogP contribution in [0.2, 0.25) is 0 Å². The molecule has 1 aromatic carbocycles. The quantitative estimate of drug-likeness (QED) is 0.590. The molecule has 2 heterocycles. The minimum absolute atomic E-state index is 0.0658. The summed E-state index contributed by atoms with van der Waals surface area (Å²) in [4.78, 5) is 19.9. The van der Waals surface area contributed by atoms with Gasteiger partial charge in [0.1, 0.15) is 10.6 Å². The van der Waals surface area contributed by atoms with Crippen LogP contribution in [-0.2, 0) is 0 Å². The Labute approximate surface area is 118 Å². The molecule has 20 heavy (non-hydrogen) atoms. The third kappa shape index (κ3) is 2.08. The number of anilines is 1. The molecule has 0 saturated heterocycles. The van der Waals surface area contributed by atoms with Gasteiger partial charge in [-0.2, -0.15) is 0 Å². The summed E-state index contributed by atoms with van der Waals surface area (Å²) >= 11 is 1.05. The minimum atomic E-state index is -0.409. The number of thiophene rings is 1. The second kappa shape index (κ2) is 4.86. The fourth-order valence-electron chi connectivity index (χ4n) is 1.91. The average molecular weight is 286 g/mol. The van der Waals surface area contributed by atoms with Crippen molar-refractivity contribution in [1.82, 2.24) is 9.97 Å². The molecular weight excluding hydrogens is 276 g/mol. The van der Waals surface area contributed by atoms with Gasteiger partial charge in [-0.3, -0.25) is 10.1 Å². The lowest BCUT2D eigenvalue weighted by atomic mass is 10.2. The SMILES string of the molecule is CNc1nc(-c2ccccc2)nc2sc([N+](=O)[O-])cc12. The van der Waals surface area contributed by atoms with Crippen LogP contribution < -0.4 is 5.32 Å². The zero-order valence-electron chi connectivity index (χ0n) is 10.5. The number of hydrogen-bond donors (Lipinski definition) is 1. The Morgan fingerprint density at radius 3 is 2.65 bits per heavy atom. The number of benzene rings is 1. The van der Waals surface area contributed by atoms with Crippen LogP contribution in [-0.4, -0.2) is 21.9 Å². The summed E-state index contributed by atoms with van der Waals surface area (Å²) in [5, 5.41) is 14.6. The van der Waals surface area contributed by atoms with Crippen molar-refractivity contribution in [2.45, 2.75) is 0 Å². The van der Waals surface area contributed by atoms with Crippen LogP contribution in [0.5, 0.6) is 0 Å².